The Morgan fingerprint density at radius 2 is 1.96 bits per heavy atom. The fraction of sp³-hybridized carbons (Fsp3) is 0.421. The number of piperidine rings is 1. The second-order valence-corrected chi connectivity index (χ2v) is 6.83. The van der Waals surface area contributed by atoms with Crippen LogP contribution in [-0.4, -0.2) is 21.6 Å². The second kappa shape index (κ2) is 6.35. The van der Waals surface area contributed by atoms with Crippen molar-refractivity contribution in [3.8, 4) is 0 Å². The van der Waals surface area contributed by atoms with Gasteiger partial charge in [0.25, 0.3) is 0 Å². The quantitative estimate of drug-likeness (QED) is 0.851. The first-order chi connectivity index (χ1) is 12.1. The number of aromatic nitrogens is 2. The average molecular weight is 338 g/mol. The van der Waals surface area contributed by atoms with E-state index in [9.17, 15) is 9.59 Å². The van der Waals surface area contributed by atoms with Gasteiger partial charge in [0.2, 0.25) is 11.8 Å². The molecule has 0 radical (unpaired) electrons. The van der Waals surface area contributed by atoms with Crippen LogP contribution < -0.4 is 10.2 Å². The zero-order valence-corrected chi connectivity index (χ0v) is 14.4. The van der Waals surface area contributed by atoms with Gasteiger partial charge in [0, 0.05) is 49.3 Å². The lowest BCUT2D eigenvalue weighted by atomic mass is 10.1. The summed E-state index contributed by atoms with van der Waals surface area (Å²) in [6.07, 6.45) is 5.91. The van der Waals surface area contributed by atoms with Crippen molar-refractivity contribution in [2.45, 2.75) is 44.6 Å². The maximum atomic E-state index is 12.1. The third kappa shape index (κ3) is 3.16. The van der Waals surface area contributed by atoms with Crippen LogP contribution >= 0.6 is 0 Å². The van der Waals surface area contributed by atoms with Crippen LogP contribution in [-0.2, 0) is 23.2 Å². The predicted octanol–water partition coefficient (Wildman–Crippen LogP) is 2.95. The molecule has 1 aliphatic carbocycles. The molecule has 0 atom stereocenters. The summed E-state index contributed by atoms with van der Waals surface area (Å²) < 4.78 is 1.97. The summed E-state index contributed by atoms with van der Waals surface area (Å²) in [5.41, 5.74) is 4.06. The number of hydrogen-bond donors (Lipinski definition) is 1. The molecule has 1 saturated heterocycles. The first-order valence-electron chi connectivity index (χ1n) is 8.84. The minimum Gasteiger partial charge on any atom is -0.381 e. The van der Waals surface area contributed by atoms with Gasteiger partial charge in [0.15, 0.2) is 0 Å². The second-order valence-electron chi connectivity index (χ2n) is 6.83. The highest BCUT2D eigenvalue weighted by Gasteiger charge is 2.29. The van der Waals surface area contributed by atoms with Crippen molar-refractivity contribution in [3.05, 3.63) is 41.7 Å². The van der Waals surface area contributed by atoms with Gasteiger partial charge in [0.05, 0.1) is 11.9 Å². The van der Waals surface area contributed by atoms with E-state index in [1.54, 1.807) is 0 Å². The van der Waals surface area contributed by atoms with Crippen LogP contribution in [0.25, 0.3) is 0 Å². The van der Waals surface area contributed by atoms with Crippen molar-refractivity contribution in [2.75, 3.05) is 10.2 Å². The molecular weight excluding hydrogens is 316 g/mol. The molecule has 0 spiro atoms. The van der Waals surface area contributed by atoms with Crippen LogP contribution in [0.3, 0.4) is 0 Å². The van der Waals surface area contributed by atoms with E-state index in [2.05, 4.69) is 10.4 Å². The highest BCUT2D eigenvalue weighted by molar-refractivity contribution is 6.16. The smallest absolute Gasteiger partial charge is 0.233 e. The Bertz CT molecular complexity index is 807. The van der Waals surface area contributed by atoms with Crippen LogP contribution in [0.5, 0.6) is 0 Å². The molecule has 2 fully saturated rings. The molecule has 1 saturated carbocycles. The monoisotopic (exact) mass is 338 g/mol. The summed E-state index contributed by atoms with van der Waals surface area (Å²) in [4.78, 5) is 25.5. The summed E-state index contributed by atoms with van der Waals surface area (Å²) in [6.45, 7) is 0.686. The predicted molar refractivity (Wildman–Crippen MR) is 95.3 cm³/mol. The number of rotatable bonds is 5. The molecule has 4 rings (SSSR count). The van der Waals surface area contributed by atoms with Gasteiger partial charge >= 0.3 is 0 Å². The van der Waals surface area contributed by atoms with Gasteiger partial charge in [-0.05, 0) is 37.5 Å². The molecule has 2 aromatic rings. The molecule has 25 heavy (non-hydrogen) atoms. The molecule has 0 unspecified atom stereocenters. The zero-order valence-electron chi connectivity index (χ0n) is 14.4. The summed E-state index contributed by atoms with van der Waals surface area (Å²) in [7, 11) is 1.99. The molecule has 2 amide bonds. The lowest BCUT2D eigenvalue weighted by Crippen LogP contribution is -2.40. The van der Waals surface area contributed by atoms with Gasteiger partial charge in [-0.1, -0.05) is 6.07 Å². The Balaban J connectivity index is 1.50. The van der Waals surface area contributed by atoms with E-state index >= 15 is 0 Å². The normalized spacial score (nSPS) is 17.9. The van der Waals surface area contributed by atoms with Crippen molar-refractivity contribution in [3.63, 3.8) is 0 Å². The molecule has 6 heteroatoms. The first-order valence-corrected chi connectivity index (χ1v) is 8.84. The highest BCUT2D eigenvalue weighted by atomic mass is 16.2. The van der Waals surface area contributed by atoms with Gasteiger partial charge < -0.3 is 5.32 Å². The fourth-order valence-electron chi connectivity index (χ4n) is 3.51. The van der Waals surface area contributed by atoms with E-state index < -0.39 is 0 Å². The third-order valence-electron chi connectivity index (χ3n) is 4.90. The number of hydrogen-bond acceptors (Lipinski definition) is 4. The lowest BCUT2D eigenvalue weighted by molar-refractivity contribution is -0.129. The van der Waals surface area contributed by atoms with Crippen molar-refractivity contribution in [1.82, 2.24) is 9.78 Å². The Kier molecular flexibility index (Phi) is 4.03. The fourth-order valence-corrected chi connectivity index (χ4v) is 3.51. The number of imide groups is 1. The van der Waals surface area contributed by atoms with E-state index in [1.807, 2.05) is 42.2 Å². The molecular formula is C19H22N4O2. The third-order valence-corrected chi connectivity index (χ3v) is 4.90. The van der Waals surface area contributed by atoms with E-state index in [0.29, 0.717) is 37.4 Å². The maximum Gasteiger partial charge on any atom is 0.233 e. The Morgan fingerprint density at radius 1 is 1.20 bits per heavy atom. The molecule has 6 nitrogen and oxygen atoms in total. The highest BCUT2D eigenvalue weighted by Crippen LogP contribution is 2.41. The SMILES string of the molecule is Cn1ncc(CNc2cccc(N3C(=O)CCCC3=O)c2)c1C1CC1. The van der Waals surface area contributed by atoms with Crippen LogP contribution in [0.4, 0.5) is 11.4 Å². The minimum absolute atomic E-state index is 0.114. The van der Waals surface area contributed by atoms with Crippen molar-refractivity contribution in [1.29, 1.82) is 0 Å². The number of carbonyl (C=O) groups is 2. The van der Waals surface area contributed by atoms with Crippen LogP contribution in [0.15, 0.2) is 30.5 Å². The standard InChI is InChI=1S/C19H22N4O2/c1-22-19(13-8-9-13)14(12-21-22)11-20-15-4-2-5-16(10-15)23-17(24)6-3-7-18(23)25/h2,4-5,10,12-13,20H,3,6-9,11H2,1H3. The van der Waals surface area contributed by atoms with E-state index in [1.165, 1.54) is 29.0 Å². The maximum absolute atomic E-state index is 12.1. The number of nitrogens with one attached hydrogen (secondary N) is 1. The minimum atomic E-state index is -0.114. The van der Waals surface area contributed by atoms with E-state index in [-0.39, 0.29) is 11.8 Å². The number of benzene rings is 1. The number of nitrogens with zero attached hydrogens (tertiary/aromatic N) is 3. The summed E-state index contributed by atoms with van der Waals surface area (Å²) in [5, 5.41) is 7.78. The molecule has 1 N–H and O–H groups in total. The molecule has 2 heterocycles. The summed E-state index contributed by atoms with van der Waals surface area (Å²) >= 11 is 0. The van der Waals surface area contributed by atoms with Gasteiger partial charge in [-0.2, -0.15) is 5.10 Å². The Hall–Kier alpha value is -2.63. The first kappa shape index (κ1) is 15.9. The molecule has 1 aliphatic heterocycles. The van der Waals surface area contributed by atoms with Gasteiger partial charge in [-0.15, -0.1) is 0 Å². The molecule has 130 valence electrons. The molecule has 1 aromatic heterocycles. The van der Waals surface area contributed by atoms with Gasteiger partial charge in [-0.3, -0.25) is 19.2 Å². The average Bonchev–Trinajstić information content (AvgIpc) is 3.36. The van der Waals surface area contributed by atoms with Crippen molar-refractivity contribution in [2.24, 2.45) is 7.05 Å². The number of carbonyl (C=O) groups excluding carboxylic acids is 2. The van der Waals surface area contributed by atoms with Crippen molar-refractivity contribution >= 4 is 23.2 Å². The van der Waals surface area contributed by atoms with Gasteiger partial charge in [0.1, 0.15) is 0 Å². The Morgan fingerprint density at radius 3 is 2.68 bits per heavy atom. The lowest BCUT2D eigenvalue weighted by Gasteiger charge is -2.25. The van der Waals surface area contributed by atoms with Crippen LogP contribution in [0.2, 0.25) is 0 Å². The molecule has 1 aromatic carbocycles. The number of anilines is 2. The largest absolute Gasteiger partial charge is 0.381 e. The van der Waals surface area contributed by atoms with Crippen molar-refractivity contribution < 1.29 is 9.59 Å². The van der Waals surface area contributed by atoms with E-state index in [0.717, 1.165) is 5.69 Å². The number of amides is 2. The topological polar surface area (TPSA) is 67.2 Å². The molecule has 0 bridgehead atoms. The Labute approximate surface area is 146 Å². The van der Waals surface area contributed by atoms with Gasteiger partial charge in [-0.25, -0.2) is 0 Å². The summed E-state index contributed by atoms with van der Waals surface area (Å²) in [6, 6.07) is 7.51. The summed E-state index contributed by atoms with van der Waals surface area (Å²) in [5.74, 6) is 0.410. The molecule has 2 aliphatic rings. The van der Waals surface area contributed by atoms with Crippen LogP contribution in [0.1, 0.15) is 49.3 Å². The van der Waals surface area contributed by atoms with Crippen LogP contribution in [0, 0.1) is 0 Å². The number of aryl methyl sites for hydroxylation is 1. The zero-order chi connectivity index (χ0) is 17.4. The van der Waals surface area contributed by atoms with E-state index in [4.69, 9.17) is 0 Å².